The predicted octanol–water partition coefficient (Wildman–Crippen LogP) is 0.582. The molecular formula is C13H18N4O2. The third kappa shape index (κ3) is 2.84. The predicted molar refractivity (Wildman–Crippen MR) is 69.7 cm³/mol. The van der Waals surface area contributed by atoms with Gasteiger partial charge in [0.25, 0.3) is 0 Å². The van der Waals surface area contributed by atoms with E-state index in [0.717, 1.165) is 56.7 Å². The number of nitrogens with one attached hydrogen (secondary N) is 1. The quantitative estimate of drug-likeness (QED) is 0.807. The molecule has 1 amide bonds. The van der Waals surface area contributed by atoms with Crippen molar-refractivity contribution in [2.75, 3.05) is 25.1 Å². The largest absolute Gasteiger partial charge is 0.381 e. The van der Waals surface area contributed by atoms with E-state index in [0.29, 0.717) is 18.5 Å². The summed E-state index contributed by atoms with van der Waals surface area (Å²) in [7, 11) is 0. The van der Waals surface area contributed by atoms with E-state index < -0.39 is 0 Å². The third-order valence-electron chi connectivity index (χ3n) is 3.68. The van der Waals surface area contributed by atoms with Crippen LogP contribution in [0.15, 0.2) is 6.20 Å². The van der Waals surface area contributed by atoms with E-state index >= 15 is 0 Å². The monoisotopic (exact) mass is 262 g/mol. The molecule has 1 fully saturated rings. The summed E-state index contributed by atoms with van der Waals surface area (Å²) in [5.41, 5.74) is 2.11. The highest BCUT2D eigenvalue weighted by atomic mass is 16.5. The van der Waals surface area contributed by atoms with Gasteiger partial charge in [-0.25, -0.2) is 9.97 Å². The highest BCUT2D eigenvalue weighted by Crippen LogP contribution is 2.18. The van der Waals surface area contributed by atoms with Crippen molar-refractivity contribution in [3.8, 4) is 0 Å². The van der Waals surface area contributed by atoms with Gasteiger partial charge in [0, 0.05) is 32.0 Å². The molecule has 0 bridgehead atoms. The van der Waals surface area contributed by atoms with Gasteiger partial charge in [-0.1, -0.05) is 0 Å². The van der Waals surface area contributed by atoms with Crippen molar-refractivity contribution in [3.05, 3.63) is 17.5 Å². The van der Waals surface area contributed by atoms with Crippen LogP contribution in [0.25, 0.3) is 0 Å². The maximum atomic E-state index is 10.8. The topological polar surface area (TPSA) is 67.4 Å². The van der Waals surface area contributed by atoms with Crippen LogP contribution in [0.2, 0.25) is 0 Å². The Morgan fingerprint density at radius 1 is 1.42 bits per heavy atom. The first-order chi connectivity index (χ1) is 9.35. The first kappa shape index (κ1) is 12.3. The minimum absolute atomic E-state index is 0.387. The molecule has 1 saturated heterocycles. The average Bonchev–Trinajstić information content (AvgIpc) is 2.47. The fraction of sp³-hybridized carbons (Fsp3) is 0.615. The Bertz CT molecular complexity index is 460. The lowest BCUT2D eigenvalue weighted by Crippen LogP contribution is -2.32. The minimum atomic E-state index is 0.387. The molecule has 6 nitrogen and oxygen atoms in total. The van der Waals surface area contributed by atoms with Gasteiger partial charge in [0.2, 0.25) is 12.4 Å². The highest BCUT2D eigenvalue weighted by molar-refractivity contribution is 5.48. The van der Waals surface area contributed by atoms with Gasteiger partial charge >= 0.3 is 0 Å². The van der Waals surface area contributed by atoms with Crippen LogP contribution in [0.1, 0.15) is 24.1 Å². The summed E-state index contributed by atoms with van der Waals surface area (Å²) in [4.78, 5) is 21.5. The third-order valence-corrected chi connectivity index (χ3v) is 3.68. The van der Waals surface area contributed by atoms with Crippen LogP contribution in [-0.2, 0) is 22.5 Å². The molecule has 19 heavy (non-hydrogen) atoms. The molecule has 2 aliphatic heterocycles. The van der Waals surface area contributed by atoms with Crippen molar-refractivity contribution in [1.82, 2.24) is 14.9 Å². The van der Waals surface area contributed by atoms with Crippen LogP contribution >= 0.6 is 0 Å². The number of carbonyl (C=O) groups excluding carboxylic acids is 1. The van der Waals surface area contributed by atoms with Crippen molar-refractivity contribution >= 4 is 12.4 Å². The van der Waals surface area contributed by atoms with Crippen LogP contribution in [0.3, 0.4) is 0 Å². The second kappa shape index (κ2) is 5.52. The smallest absolute Gasteiger partial charge is 0.223 e. The van der Waals surface area contributed by atoms with Crippen molar-refractivity contribution in [2.45, 2.75) is 31.8 Å². The summed E-state index contributed by atoms with van der Waals surface area (Å²) in [5.74, 6) is 0.665. The fourth-order valence-corrected chi connectivity index (χ4v) is 2.51. The number of carbonyl (C=O) groups is 1. The summed E-state index contributed by atoms with van der Waals surface area (Å²) in [5, 5.41) is 3.35. The van der Waals surface area contributed by atoms with Crippen molar-refractivity contribution in [2.24, 2.45) is 0 Å². The van der Waals surface area contributed by atoms with E-state index in [9.17, 15) is 4.79 Å². The first-order valence-electron chi connectivity index (χ1n) is 6.73. The second-order valence-corrected chi connectivity index (χ2v) is 5.02. The molecule has 2 aliphatic rings. The Kier molecular flexibility index (Phi) is 3.59. The number of aromatic nitrogens is 2. The van der Waals surface area contributed by atoms with E-state index in [2.05, 4.69) is 15.3 Å². The Balaban J connectivity index is 1.71. The Hall–Kier alpha value is -1.69. The Morgan fingerprint density at radius 3 is 3.05 bits per heavy atom. The molecule has 6 heteroatoms. The molecule has 1 N–H and O–H groups in total. The van der Waals surface area contributed by atoms with E-state index in [-0.39, 0.29) is 0 Å². The summed E-state index contributed by atoms with van der Waals surface area (Å²) < 4.78 is 5.33. The number of hydrogen-bond acceptors (Lipinski definition) is 5. The standard InChI is InChI=1S/C13H18N4O2/c18-9-17-4-1-10-7-14-13(16-12(10)8-17)15-11-2-5-19-6-3-11/h7,9,11H,1-6,8H2,(H,14,15,16). The molecule has 0 aliphatic carbocycles. The molecule has 1 aromatic heterocycles. The van der Waals surface area contributed by atoms with E-state index in [1.54, 1.807) is 4.90 Å². The number of hydrogen-bond donors (Lipinski definition) is 1. The minimum Gasteiger partial charge on any atom is -0.381 e. The molecule has 0 saturated carbocycles. The molecule has 1 aromatic rings. The number of ether oxygens (including phenoxy) is 1. The van der Waals surface area contributed by atoms with Crippen LogP contribution in [0.4, 0.5) is 5.95 Å². The van der Waals surface area contributed by atoms with Gasteiger partial charge in [-0.3, -0.25) is 4.79 Å². The lowest BCUT2D eigenvalue weighted by atomic mass is 10.1. The maximum Gasteiger partial charge on any atom is 0.223 e. The van der Waals surface area contributed by atoms with Crippen molar-refractivity contribution < 1.29 is 9.53 Å². The Morgan fingerprint density at radius 2 is 2.26 bits per heavy atom. The first-order valence-corrected chi connectivity index (χ1v) is 6.73. The summed E-state index contributed by atoms with van der Waals surface area (Å²) in [6.45, 7) is 2.93. The second-order valence-electron chi connectivity index (χ2n) is 5.02. The number of amides is 1. The lowest BCUT2D eigenvalue weighted by molar-refractivity contribution is -0.119. The molecule has 0 atom stereocenters. The van der Waals surface area contributed by atoms with Gasteiger partial charge in [-0.05, 0) is 24.8 Å². The van der Waals surface area contributed by atoms with Crippen LogP contribution in [-0.4, -0.2) is 47.1 Å². The molecule has 3 heterocycles. The van der Waals surface area contributed by atoms with Crippen LogP contribution in [0, 0.1) is 0 Å². The van der Waals surface area contributed by atoms with Gasteiger partial charge in [-0.2, -0.15) is 0 Å². The zero-order chi connectivity index (χ0) is 13.1. The van der Waals surface area contributed by atoms with Crippen LogP contribution < -0.4 is 5.32 Å². The average molecular weight is 262 g/mol. The normalized spacial score (nSPS) is 19.9. The van der Waals surface area contributed by atoms with Gasteiger partial charge in [-0.15, -0.1) is 0 Å². The summed E-state index contributed by atoms with van der Waals surface area (Å²) in [6, 6.07) is 0.387. The molecule has 0 spiro atoms. The van der Waals surface area contributed by atoms with Crippen molar-refractivity contribution in [3.63, 3.8) is 0 Å². The van der Waals surface area contributed by atoms with Crippen LogP contribution in [0.5, 0.6) is 0 Å². The Labute approximate surface area is 112 Å². The van der Waals surface area contributed by atoms with Gasteiger partial charge in [0.15, 0.2) is 0 Å². The van der Waals surface area contributed by atoms with E-state index in [4.69, 9.17) is 4.74 Å². The fourth-order valence-electron chi connectivity index (χ4n) is 2.51. The zero-order valence-corrected chi connectivity index (χ0v) is 10.8. The highest BCUT2D eigenvalue weighted by Gasteiger charge is 2.19. The molecule has 3 rings (SSSR count). The lowest BCUT2D eigenvalue weighted by Gasteiger charge is -2.26. The molecule has 102 valence electrons. The van der Waals surface area contributed by atoms with E-state index in [1.807, 2.05) is 6.20 Å². The molecule has 0 unspecified atom stereocenters. The number of nitrogens with zero attached hydrogens (tertiary/aromatic N) is 3. The zero-order valence-electron chi connectivity index (χ0n) is 10.8. The van der Waals surface area contributed by atoms with Crippen molar-refractivity contribution in [1.29, 1.82) is 0 Å². The van der Waals surface area contributed by atoms with Gasteiger partial charge < -0.3 is 15.0 Å². The molecular weight excluding hydrogens is 244 g/mol. The summed E-state index contributed by atoms with van der Waals surface area (Å²) in [6.07, 6.45) is 5.58. The van der Waals surface area contributed by atoms with E-state index in [1.165, 1.54) is 0 Å². The number of rotatable bonds is 3. The maximum absolute atomic E-state index is 10.8. The SMILES string of the molecule is O=CN1CCc2cnc(NC3CCOCC3)nc2C1. The molecule has 0 radical (unpaired) electrons. The number of anilines is 1. The van der Waals surface area contributed by atoms with Gasteiger partial charge in [0.1, 0.15) is 0 Å². The number of fused-ring (bicyclic) bond motifs is 1. The van der Waals surface area contributed by atoms with Gasteiger partial charge in [0.05, 0.1) is 12.2 Å². The summed E-state index contributed by atoms with van der Waals surface area (Å²) >= 11 is 0. The molecule has 0 aromatic carbocycles.